The number of nitrogens with zero attached hydrogens (tertiary/aromatic N) is 3. The number of hydrogen-bond acceptors (Lipinski definition) is 4. The van der Waals surface area contributed by atoms with Gasteiger partial charge in [-0.1, -0.05) is 6.07 Å². The molecule has 2 aromatic rings. The molecule has 0 saturated heterocycles. The Bertz CT molecular complexity index is 774. The van der Waals surface area contributed by atoms with Crippen LogP contribution in [0.1, 0.15) is 22.5 Å². The van der Waals surface area contributed by atoms with Gasteiger partial charge in [-0.05, 0) is 43.5 Å². The van der Waals surface area contributed by atoms with Crippen molar-refractivity contribution in [2.75, 3.05) is 27.8 Å². The van der Waals surface area contributed by atoms with Crippen molar-refractivity contribution in [2.45, 2.75) is 26.8 Å². The summed E-state index contributed by atoms with van der Waals surface area (Å²) < 4.78 is 12.5. The number of benzene rings is 1. The van der Waals surface area contributed by atoms with Crippen LogP contribution in [0.15, 0.2) is 23.2 Å². The molecule has 8 heteroatoms. The maximum Gasteiger partial charge on any atom is 0.191 e. The van der Waals surface area contributed by atoms with Gasteiger partial charge in [0.1, 0.15) is 0 Å². The Labute approximate surface area is 178 Å². The van der Waals surface area contributed by atoms with E-state index in [1.54, 1.807) is 21.3 Å². The maximum atomic E-state index is 5.34. The molecule has 2 rings (SSSR count). The lowest BCUT2D eigenvalue weighted by molar-refractivity contribution is 0.354. The molecular formula is C19H30IN5O2. The summed E-state index contributed by atoms with van der Waals surface area (Å²) in [6.07, 6.45) is 0.905. The van der Waals surface area contributed by atoms with E-state index in [4.69, 9.17) is 9.47 Å². The van der Waals surface area contributed by atoms with Crippen molar-refractivity contribution in [2.24, 2.45) is 12.0 Å². The zero-order valence-corrected chi connectivity index (χ0v) is 19.3. The first-order valence-corrected chi connectivity index (χ1v) is 8.64. The third-order valence-electron chi connectivity index (χ3n) is 4.46. The number of halogens is 1. The van der Waals surface area contributed by atoms with Crippen LogP contribution in [0.25, 0.3) is 0 Å². The number of methoxy groups -OCH3 is 2. The molecule has 0 amide bonds. The standard InChI is InChI=1S/C19H29N5O2.HI/c1-13-16(14(2)24(4)23-13)9-10-21-19(20-3)22-12-15-7-8-17(25-5)18(11-15)26-6;/h7-8,11H,9-10,12H2,1-6H3,(H2,20,21,22);1H. The van der Waals surface area contributed by atoms with Crippen molar-refractivity contribution in [3.63, 3.8) is 0 Å². The molecule has 0 aliphatic carbocycles. The molecule has 1 heterocycles. The Morgan fingerprint density at radius 3 is 2.41 bits per heavy atom. The predicted octanol–water partition coefficient (Wildman–Crippen LogP) is 2.58. The van der Waals surface area contributed by atoms with Crippen molar-refractivity contribution in [1.29, 1.82) is 0 Å². The van der Waals surface area contributed by atoms with E-state index in [0.29, 0.717) is 6.54 Å². The Morgan fingerprint density at radius 2 is 1.85 bits per heavy atom. The van der Waals surface area contributed by atoms with E-state index < -0.39 is 0 Å². The van der Waals surface area contributed by atoms with Gasteiger partial charge in [-0.3, -0.25) is 9.67 Å². The van der Waals surface area contributed by atoms with E-state index in [1.807, 2.05) is 36.9 Å². The molecule has 27 heavy (non-hydrogen) atoms. The summed E-state index contributed by atoms with van der Waals surface area (Å²) in [7, 11) is 7.01. The Hall–Kier alpha value is -1.97. The van der Waals surface area contributed by atoms with Crippen LogP contribution in [-0.4, -0.2) is 43.6 Å². The molecule has 0 fully saturated rings. The van der Waals surface area contributed by atoms with Crippen LogP contribution in [0, 0.1) is 13.8 Å². The van der Waals surface area contributed by atoms with Crippen LogP contribution in [0.5, 0.6) is 11.5 Å². The van der Waals surface area contributed by atoms with Crippen molar-refractivity contribution < 1.29 is 9.47 Å². The van der Waals surface area contributed by atoms with Crippen molar-refractivity contribution in [3.05, 3.63) is 40.7 Å². The van der Waals surface area contributed by atoms with Gasteiger partial charge in [-0.2, -0.15) is 5.10 Å². The minimum atomic E-state index is 0. The molecule has 7 nitrogen and oxygen atoms in total. The van der Waals surface area contributed by atoms with Crippen molar-refractivity contribution in [3.8, 4) is 11.5 Å². The molecule has 0 saturated carbocycles. The second-order valence-electron chi connectivity index (χ2n) is 6.06. The van der Waals surface area contributed by atoms with Crippen LogP contribution in [0.3, 0.4) is 0 Å². The van der Waals surface area contributed by atoms with Gasteiger partial charge in [-0.25, -0.2) is 0 Å². The molecule has 0 aliphatic rings. The molecule has 0 spiro atoms. The lowest BCUT2D eigenvalue weighted by atomic mass is 10.1. The summed E-state index contributed by atoms with van der Waals surface area (Å²) >= 11 is 0. The van der Waals surface area contributed by atoms with E-state index in [1.165, 1.54) is 11.3 Å². The first kappa shape index (κ1) is 23.1. The molecule has 0 unspecified atom stereocenters. The van der Waals surface area contributed by atoms with Crippen LogP contribution in [0.2, 0.25) is 0 Å². The largest absolute Gasteiger partial charge is 0.493 e. The summed E-state index contributed by atoms with van der Waals surface area (Å²) in [6.45, 7) is 5.58. The molecule has 1 aromatic heterocycles. The molecule has 0 radical (unpaired) electrons. The second kappa shape index (κ2) is 11.0. The topological polar surface area (TPSA) is 72.7 Å². The number of aliphatic imine (C=N–C) groups is 1. The first-order chi connectivity index (χ1) is 12.5. The third-order valence-corrected chi connectivity index (χ3v) is 4.46. The number of aromatic nitrogens is 2. The van der Waals surface area contributed by atoms with E-state index >= 15 is 0 Å². The van der Waals surface area contributed by atoms with Gasteiger partial charge in [0.05, 0.1) is 19.9 Å². The summed E-state index contributed by atoms with van der Waals surface area (Å²) in [5.74, 6) is 2.21. The second-order valence-corrected chi connectivity index (χ2v) is 6.06. The Morgan fingerprint density at radius 1 is 1.15 bits per heavy atom. The highest BCUT2D eigenvalue weighted by Crippen LogP contribution is 2.27. The number of hydrogen-bond donors (Lipinski definition) is 2. The van der Waals surface area contributed by atoms with Gasteiger partial charge in [0.2, 0.25) is 0 Å². The number of ether oxygens (including phenoxy) is 2. The quantitative estimate of drug-likeness (QED) is 0.357. The summed E-state index contributed by atoms with van der Waals surface area (Å²) in [5.41, 5.74) is 4.66. The molecule has 150 valence electrons. The van der Waals surface area contributed by atoms with Gasteiger partial charge in [0, 0.05) is 32.9 Å². The number of guanidine groups is 1. The number of nitrogens with one attached hydrogen (secondary N) is 2. The fraction of sp³-hybridized carbons (Fsp3) is 0.474. The van der Waals surface area contributed by atoms with Gasteiger partial charge >= 0.3 is 0 Å². The molecule has 1 aromatic carbocycles. The highest BCUT2D eigenvalue weighted by molar-refractivity contribution is 14.0. The molecule has 0 bridgehead atoms. The van der Waals surface area contributed by atoms with E-state index in [2.05, 4.69) is 27.6 Å². The maximum absolute atomic E-state index is 5.34. The molecule has 0 atom stereocenters. The summed E-state index contributed by atoms with van der Waals surface area (Å²) in [6, 6.07) is 5.87. The number of aryl methyl sites for hydroxylation is 2. The average molecular weight is 487 g/mol. The van der Waals surface area contributed by atoms with Crippen LogP contribution >= 0.6 is 24.0 Å². The third kappa shape index (κ3) is 6.02. The van der Waals surface area contributed by atoms with Crippen LogP contribution in [-0.2, 0) is 20.0 Å². The normalized spacial score (nSPS) is 11.0. The Balaban J connectivity index is 0.00000364. The summed E-state index contributed by atoms with van der Waals surface area (Å²) in [4.78, 5) is 4.28. The molecule has 0 aliphatic heterocycles. The van der Waals surface area contributed by atoms with Crippen molar-refractivity contribution in [1.82, 2.24) is 20.4 Å². The lowest BCUT2D eigenvalue weighted by Crippen LogP contribution is -2.37. The highest BCUT2D eigenvalue weighted by atomic mass is 127. The SMILES string of the molecule is CN=C(NCCc1c(C)nn(C)c1C)NCc1ccc(OC)c(OC)c1.I. The predicted molar refractivity (Wildman–Crippen MR) is 120 cm³/mol. The summed E-state index contributed by atoms with van der Waals surface area (Å²) in [5, 5.41) is 11.1. The van der Waals surface area contributed by atoms with Gasteiger partial charge in [-0.15, -0.1) is 24.0 Å². The average Bonchev–Trinajstić information content (AvgIpc) is 2.89. The number of rotatable bonds is 7. The van der Waals surface area contributed by atoms with Gasteiger partial charge in [0.25, 0.3) is 0 Å². The Kier molecular flexibility index (Phi) is 9.40. The molecular weight excluding hydrogens is 457 g/mol. The lowest BCUT2D eigenvalue weighted by Gasteiger charge is -2.13. The highest BCUT2D eigenvalue weighted by Gasteiger charge is 2.09. The van der Waals surface area contributed by atoms with Gasteiger partial charge in [0.15, 0.2) is 17.5 Å². The smallest absolute Gasteiger partial charge is 0.191 e. The van der Waals surface area contributed by atoms with Gasteiger partial charge < -0.3 is 20.1 Å². The zero-order chi connectivity index (χ0) is 19.1. The molecule has 2 N–H and O–H groups in total. The van der Waals surface area contributed by atoms with Crippen LogP contribution in [0.4, 0.5) is 0 Å². The monoisotopic (exact) mass is 487 g/mol. The fourth-order valence-electron chi connectivity index (χ4n) is 2.88. The zero-order valence-electron chi connectivity index (χ0n) is 16.9. The van der Waals surface area contributed by atoms with E-state index in [-0.39, 0.29) is 24.0 Å². The van der Waals surface area contributed by atoms with E-state index in [0.717, 1.165) is 41.7 Å². The first-order valence-electron chi connectivity index (χ1n) is 8.64. The minimum absolute atomic E-state index is 0. The minimum Gasteiger partial charge on any atom is -0.493 e. The van der Waals surface area contributed by atoms with E-state index in [9.17, 15) is 0 Å². The van der Waals surface area contributed by atoms with Crippen LogP contribution < -0.4 is 20.1 Å². The van der Waals surface area contributed by atoms with Crippen molar-refractivity contribution >= 4 is 29.9 Å². The fourth-order valence-corrected chi connectivity index (χ4v) is 2.88.